The van der Waals surface area contributed by atoms with Gasteiger partial charge in [0, 0.05) is 24.4 Å². The fourth-order valence-corrected chi connectivity index (χ4v) is 3.75. The fraction of sp³-hybridized carbons (Fsp3) is 0.318. The number of aromatic nitrogens is 2. The summed E-state index contributed by atoms with van der Waals surface area (Å²) >= 11 is 6.04. The highest BCUT2D eigenvalue weighted by Gasteiger charge is 2.22. The molecule has 1 aliphatic heterocycles. The maximum absolute atomic E-state index is 12.9. The molecule has 1 amide bonds. The van der Waals surface area contributed by atoms with E-state index in [-0.39, 0.29) is 25.0 Å². The number of rotatable bonds is 6. The maximum atomic E-state index is 12.9. The molecule has 0 radical (unpaired) electrons. The van der Waals surface area contributed by atoms with Gasteiger partial charge in [0.1, 0.15) is 18.5 Å². The predicted molar refractivity (Wildman–Crippen MR) is 117 cm³/mol. The Bertz CT molecular complexity index is 1140. The summed E-state index contributed by atoms with van der Waals surface area (Å²) in [6, 6.07) is 9.93. The van der Waals surface area contributed by atoms with Crippen LogP contribution in [0.1, 0.15) is 23.0 Å². The lowest BCUT2D eigenvalue weighted by Crippen LogP contribution is -2.42. The molecule has 0 spiro atoms. The van der Waals surface area contributed by atoms with Crippen LogP contribution >= 0.6 is 11.6 Å². The second-order valence-electron chi connectivity index (χ2n) is 7.29. The summed E-state index contributed by atoms with van der Waals surface area (Å²) in [5.41, 5.74) is 3.52. The van der Waals surface area contributed by atoms with Gasteiger partial charge in [-0.3, -0.25) is 9.79 Å². The molecule has 162 valence electrons. The highest BCUT2D eigenvalue weighted by Crippen LogP contribution is 2.25. The summed E-state index contributed by atoms with van der Waals surface area (Å²) < 4.78 is 10.4. The number of benzene rings is 2. The van der Waals surface area contributed by atoms with Crippen molar-refractivity contribution in [1.82, 2.24) is 9.97 Å². The number of fused-ring (bicyclic) bond motifs is 1. The SMILES string of the molecule is COC[C@H](N=C([O-])c1ccc(N2CCOCC2=O)c(C)c1)c1nc2ccc(Cl)cc2[nH]1. The molecule has 9 heteroatoms. The summed E-state index contributed by atoms with van der Waals surface area (Å²) in [6.07, 6.45) is 0. The van der Waals surface area contributed by atoms with Gasteiger partial charge in [-0.2, -0.15) is 0 Å². The second-order valence-corrected chi connectivity index (χ2v) is 7.72. The van der Waals surface area contributed by atoms with E-state index in [0.717, 1.165) is 22.3 Å². The number of aromatic amines is 1. The first-order valence-electron chi connectivity index (χ1n) is 9.84. The van der Waals surface area contributed by atoms with Crippen molar-refractivity contribution < 1.29 is 19.4 Å². The number of hydrogen-bond donors (Lipinski definition) is 1. The van der Waals surface area contributed by atoms with Crippen LogP contribution in [0, 0.1) is 6.92 Å². The molecule has 31 heavy (non-hydrogen) atoms. The van der Waals surface area contributed by atoms with Gasteiger partial charge in [-0.1, -0.05) is 17.7 Å². The molecule has 8 nitrogen and oxygen atoms in total. The average Bonchev–Trinajstić information content (AvgIpc) is 3.17. The first-order valence-corrected chi connectivity index (χ1v) is 10.2. The number of aliphatic imine (C=N–C) groups is 1. The molecule has 0 saturated carbocycles. The molecule has 1 N–H and O–H groups in total. The molecule has 1 saturated heterocycles. The first-order chi connectivity index (χ1) is 15.0. The Morgan fingerprint density at radius 3 is 2.97 bits per heavy atom. The van der Waals surface area contributed by atoms with Crippen LogP contribution in [0.5, 0.6) is 0 Å². The zero-order valence-electron chi connectivity index (χ0n) is 17.2. The Morgan fingerprint density at radius 1 is 1.39 bits per heavy atom. The van der Waals surface area contributed by atoms with E-state index in [4.69, 9.17) is 21.1 Å². The van der Waals surface area contributed by atoms with Gasteiger partial charge in [0.05, 0.1) is 24.2 Å². The van der Waals surface area contributed by atoms with Crippen molar-refractivity contribution in [2.75, 3.05) is 38.4 Å². The number of hydrogen-bond acceptors (Lipinski definition) is 6. The van der Waals surface area contributed by atoms with E-state index >= 15 is 0 Å². The van der Waals surface area contributed by atoms with Crippen LogP contribution < -0.4 is 10.0 Å². The maximum Gasteiger partial charge on any atom is 0.253 e. The Balaban J connectivity index is 1.62. The molecule has 1 atom stereocenters. The summed E-state index contributed by atoms with van der Waals surface area (Å²) in [5, 5.41) is 13.5. The molecule has 2 heterocycles. The number of halogens is 1. The molecule has 1 aliphatic rings. The van der Waals surface area contributed by atoms with E-state index < -0.39 is 6.04 Å². The second kappa shape index (κ2) is 9.05. The lowest BCUT2D eigenvalue weighted by Gasteiger charge is -2.28. The topological polar surface area (TPSA) is 103 Å². The van der Waals surface area contributed by atoms with Gasteiger partial charge in [0.25, 0.3) is 5.91 Å². The van der Waals surface area contributed by atoms with Crippen molar-refractivity contribution in [2.24, 2.45) is 4.99 Å². The standard InChI is InChI=1S/C22H23ClN4O4/c1-13-9-14(3-6-19(13)27-7-8-31-12-20(27)28)22(29)26-18(11-30-2)21-24-16-5-4-15(23)10-17(16)25-21/h3-6,9-10,18H,7-8,11-12H2,1-2H3,(H,24,25)(H,26,29)/p-1/t18-/m0/s1. The minimum atomic E-state index is -0.593. The van der Waals surface area contributed by atoms with Gasteiger partial charge >= 0.3 is 0 Å². The van der Waals surface area contributed by atoms with Gasteiger partial charge in [-0.25, -0.2) is 4.98 Å². The van der Waals surface area contributed by atoms with Gasteiger partial charge < -0.3 is 24.5 Å². The number of nitrogens with zero attached hydrogens (tertiary/aromatic N) is 3. The largest absolute Gasteiger partial charge is 0.858 e. The van der Waals surface area contributed by atoms with Crippen LogP contribution in [-0.2, 0) is 14.3 Å². The number of imidazole rings is 1. The molecular formula is C22H22ClN4O4-. The van der Waals surface area contributed by atoms with Crippen molar-refractivity contribution in [3.63, 3.8) is 0 Å². The molecule has 0 bridgehead atoms. The quantitative estimate of drug-likeness (QED) is 0.467. The van der Waals surface area contributed by atoms with Crippen LogP contribution in [0.3, 0.4) is 0 Å². The van der Waals surface area contributed by atoms with Crippen molar-refractivity contribution >= 4 is 40.1 Å². The molecule has 1 fully saturated rings. The molecule has 4 rings (SSSR count). The normalized spacial score (nSPS) is 16.2. The number of H-pyrrole nitrogens is 1. The van der Waals surface area contributed by atoms with Gasteiger partial charge in [-0.05, 0) is 54.3 Å². The van der Waals surface area contributed by atoms with Crippen LogP contribution in [-0.4, -0.2) is 55.2 Å². The fourth-order valence-electron chi connectivity index (χ4n) is 3.57. The highest BCUT2D eigenvalue weighted by atomic mass is 35.5. The van der Waals surface area contributed by atoms with E-state index in [1.54, 1.807) is 48.4 Å². The Morgan fingerprint density at radius 2 is 2.23 bits per heavy atom. The third kappa shape index (κ3) is 4.56. The average molecular weight is 442 g/mol. The smallest absolute Gasteiger partial charge is 0.253 e. The number of aryl methyl sites for hydroxylation is 1. The number of amides is 1. The molecule has 1 aromatic heterocycles. The molecule has 0 aliphatic carbocycles. The number of anilines is 1. The minimum absolute atomic E-state index is 0.0663. The number of nitrogens with one attached hydrogen (secondary N) is 1. The van der Waals surface area contributed by atoms with Gasteiger partial charge in [0.2, 0.25) is 0 Å². The van der Waals surface area contributed by atoms with E-state index in [9.17, 15) is 9.90 Å². The third-order valence-corrected chi connectivity index (χ3v) is 5.33. The summed E-state index contributed by atoms with van der Waals surface area (Å²) in [4.78, 5) is 25.8. The summed E-state index contributed by atoms with van der Waals surface area (Å²) in [5.74, 6) is 0.0477. The van der Waals surface area contributed by atoms with E-state index in [1.165, 1.54) is 0 Å². The highest BCUT2D eigenvalue weighted by molar-refractivity contribution is 6.31. The van der Waals surface area contributed by atoms with Crippen molar-refractivity contribution in [1.29, 1.82) is 0 Å². The number of carbonyl (C=O) groups excluding carboxylic acids is 1. The van der Waals surface area contributed by atoms with Crippen molar-refractivity contribution in [3.8, 4) is 0 Å². The van der Waals surface area contributed by atoms with Crippen molar-refractivity contribution in [3.05, 3.63) is 58.4 Å². The van der Waals surface area contributed by atoms with Gasteiger partial charge in [-0.15, -0.1) is 0 Å². The van der Waals surface area contributed by atoms with E-state index in [2.05, 4.69) is 15.0 Å². The van der Waals surface area contributed by atoms with Crippen LogP contribution in [0.25, 0.3) is 11.0 Å². The number of morpholine rings is 1. The lowest BCUT2D eigenvalue weighted by atomic mass is 10.1. The lowest BCUT2D eigenvalue weighted by molar-refractivity contribution is -0.213. The molecule has 0 unspecified atom stereocenters. The predicted octanol–water partition coefficient (Wildman–Crippen LogP) is 2.38. The monoisotopic (exact) mass is 441 g/mol. The molecule has 2 aromatic carbocycles. The number of carbonyl (C=O) groups is 1. The zero-order valence-corrected chi connectivity index (χ0v) is 18.0. The van der Waals surface area contributed by atoms with Crippen LogP contribution in [0.15, 0.2) is 41.4 Å². The van der Waals surface area contributed by atoms with E-state index in [1.807, 2.05) is 6.92 Å². The minimum Gasteiger partial charge on any atom is -0.858 e. The molecule has 3 aromatic rings. The summed E-state index contributed by atoms with van der Waals surface area (Å²) in [6.45, 7) is 3.10. The molecular weight excluding hydrogens is 420 g/mol. The Kier molecular flexibility index (Phi) is 6.22. The third-order valence-electron chi connectivity index (χ3n) is 5.10. The van der Waals surface area contributed by atoms with Crippen LogP contribution in [0.2, 0.25) is 5.02 Å². The Hall–Kier alpha value is -2.94. The zero-order chi connectivity index (χ0) is 22.0. The van der Waals surface area contributed by atoms with Gasteiger partial charge in [0.15, 0.2) is 0 Å². The van der Waals surface area contributed by atoms with Crippen LogP contribution in [0.4, 0.5) is 5.69 Å². The number of methoxy groups -OCH3 is 1. The summed E-state index contributed by atoms with van der Waals surface area (Å²) in [7, 11) is 1.55. The van der Waals surface area contributed by atoms with Crippen molar-refractivity contribution in [2.45, 2.75) is 13.0 Å². The Labute approximate surface area is 184 Å². The van der Waals surface area contributed by atoms with E-state index in [0.29, 0.717) is 29.6 Å². The number of ether oxygens (including phenoxy) is 2. The first kappa shape index (κ1) is 21.3.